The summed E-state index contributed by atoms with van der Waals surface area (Å²) in [5, 5.41) is 3.49. The minimum atomic E-state index is -2.85. The van der Waals surface area contributed by atoms with Gasteiger partial charge in [-0.05, 0) is 30.5 Å². The quantitative estimate of drug-likeness (QED) is 0.762. The monoisotopic (exact) mass is 300 g/mol. The SMILES string of the molecule is CCNC(c1ccn(CCCS(=O)(=O)CC)c1)C(C)C. The fraction of sp³-hybridized carbons (Fsp3) is 0.733. The van der Waals surface area contributed by atoms with E-state index in [1.807, 2.05) is 6.20 Å². The predicted octanol–water partition coefficient (Wildman–Crippen LogP) is 2.62. The van der Waals surface area contributed by atoms with Crippen molar-refractivity contribution in [2.24, 2.45) is 5.92 Å². The third-order valence-electron chi connectivity index (χ3n) is 3.53. The highest BCUT2D eigenvalue weighted by molar-refractivity contribution is 7.91. The maximum atomic E-state index is 11.5. The maximum Gasteiger partial charge on any atom is 0.150 e. The highest BCUT2D eigenvalue weighted by Crippen LogP contribution is 2.21. The minimum Gasteiger partial charge on any atom is -0.354 e. The van der Waals surface area contributed by atoms with Gasteiger partial charge < -0.3 is 9.88 Å². The molecule has 1 N–H and O–H groups in total. The number of aryl methyl sites for hydroxylation is 1. The zero-order valence-corrected chi connectivity index (χ0v) is 13.9. The van der Waals surface area contributed by atoms with Crippen molar-refractivity contribution in [3.63, 3.8) is 0 Å². The number of rotatable bonds is 9. The number of aromatic nitrogens is 1. The molecule has 20 heavy (non-hydrogen) atoms. The summed E-state index contributed by atoms with van der Waals surface area (Å²) in [4.78, 5) is 0. The summed E-state index contributed by atoms with van der Waals surface area (Å²) in [7, 11) is -2.85. The smallest absolute Gasteiger partial charge is 0.150 e. The number of hydrogen-bond donors (Lipinski definition) is 1. The van der Waals surface area contributed by atoms with Gasteiger partial charge in [-0.3, -0.25) is 0 Å². The Morgan fingerprint density at radius 2 is 2.00 bits per heavy atom. The molecule has 0 radical (unpaired) electrons. The number of hydrogen-bond acceptors (Lipinski definition) is 3. The summed E-state index contributed by atoms with van der Waals surface area (Å²) < 4.78 is 25.0. The zero-order valence-electron chi connectivity index (χ0n) is 13.1. The maximum absolute atomic E-state index is 11.5. The topological polar surface area (TPSA) is 51.1 Å². The van der Waals surface area contributed by atoms with E-state index in [0.29, 0.717) is 18.4 Å². The second-order valence-electron chi connectivity index (χ2n) is 5.55. The first kappa shape index (κ1) is 17.2. The van der Waals surface area contributed by atoms with Gasteiger partial charge in [0.2, 0.25) is 0 Å². The standard InChI is InChI=1S/C15H28N2O2S/c1-5-16-15(13(3)4)14-8-10-17(12-14)9-7-11-20(18,19)6-2/h8,10,12-13,15-16H,5-7,9,11H2,1-4H3. The molecule has 0 spiro atoms. The first-order chi connectivity index (χ1) is 9.39. The molecule has 1 aromatic heterocycles. The Bertz CT molecular complexity index is 492. The van der Waals surface area contributed by atoms with Crippen LogP contribution < -0.4 is 5.32 Å². The molecule has 0 aliphatic heterocycles. The molecule has 0 fully saturated rings. The lowest BCUT2D eigenvalue weighted by molar-refractivity contribution is 0.421. The van der Waals surface area contributed by atoms with Gasteiger partial charge in [0.1, 0.15) is 9.84 Å². The lowest BCUT2D eigenvalue weighted by Gasteiger charge is -2.20. The molecular formula is C15H28N2O2S. The molecule has 5 heteroatoms. The van der Waals surface area contributed by atoms with Crippen LogP contribution in [0.1, 0.15) is 45.7 Å². The molecule has 0 saturated carbocycles. The van der Waals surface area contributed by atoms with E-state index in [-0.39, 0.29) is 11.5 Å². The Morgan fingerprint density at radius 3 is 2.55 bits per heavy atom. The summed E-state index contributed by atoms with van der Waals surface area (Å²) >= 11 is 0. The number of nitrogens with one attached hydrogen (secondary N) is 1. The highest BCUT2D eigenvalue weighted by atomic mass is 32.2. The fourth-order valence-electron chi connectivity index (χ4n) is 2.35. The van der Waals surface area contributed by atoms with Crippen LogP contribution in [-0.2, 0) is 16.4 Å². The number of nitrogens with zero attached hydrogens (tertiary/aromatic N) is 1. The van der Waals surface area contributed by atoms with Gasteiger partial charge in [-0.2, -0.15) is 0 Å². The predicted molar refractivity (Wildman–Crippen MR) is 84.6 cm³/mol. The van der Waals surface area contributed by atoms with Crippen molar-refractivity contribution in [2.75, 3.05) is 18.1 Å². The van der Waals surface area contributed by atoms with E-state index in [0.717, 1.165) is 13.1 Å². The van der Waals surface area contributed by atoms with E-state index in [9.17, 15) is 8.42 Å². The largest absolute Gasteiger partial charge is 0.354 e. The van der Waals surface area contributed by atoms with Crippen molar-refractivity contribution < 1.29 is 8.42 Å². The van der Waals surface area contributed by atoms with Gasteiger partial charge >= 0.3 is 0 Å². The Morgan fingerprint density at radius 1 is 1.30 bits per heavy atom. The van der Waals surface area contributed by atoms with E-state index in [1.165, 1.54) is 5.56 Å². The van der Waals surface area contributed by atoms with E-state index in [4.69, 9.17) is 0 Å². The van der Waals surface area contributed by atoms with Crippen LogP contribution in [-0.4, -0.2) is 31.0 Å². The van der Waals surface area contributed by atoms with Crippen LogP contribution in [0.2, 0.25) is 0 Å². The molecule has 1 aromatic rings. The molecule has 116 valence electrons. The summed E-state index contributed by atoms with van der Waals surface area (Å²) in [5.41, 5.74) is 1.28. The second kappa shape index (κ2) is 7.84. The van der Waals surface area contributed by atoms with Gasteiger partial charge in [0.05, 0.1) is 5.75 Å². The summed E-state index contributed by atoms with van der Waals surface area (Å²) in [5.74, 6) is 1.05. The van der Waals surface area contributed by atoms with Crippen LogP contribution in [0.5, 0.6) is 0 Å². The molecule has 1 unspecified atom stereocenters. The molecule has 0 aliphatic rings. The van der Waals surface area contributed by atoms with Crippen LogP contribution in [0.4, 0.5) is 0 Å². The molecule has 4 nitrogen and oxygen atoms in total. The van der Waals surface area contributed by atoms with Gasteiger partial charge in [0.15, 0.2) is 0 Å². The summed E-state index contributed by atoms with van der Waals surface area (Å²) in [6.07, 6.45) is 4.85. The van der Waals surface area contributed by atoms with Crippen molar-refractivity contribution in [1.29, 1.82) is 0 Å². The zero-order chi connectivity index (χ0) is 15.2. The normalized spacial score (nSPS) is 13.8. The van der Waals surface area contributed by atoms with E-state index in [1.54, 1.807) is 6.92 Å². The number of sulfone groups is 1. The van der Waals surface area contributed by atoms with Gasteiger partial charge in [0.25, 0.3) is 0 Å². The van der Waals surface area contributed by atoms with Crippen LogP contribution >= 0.6 is 0 Å². The Balaban J connectivity index is 2.58. The third kappa shape index (κ3) is 5.29. The molecule has 1 atom stereocenters. The van der Waals surface area contributed by atoms with Crippen LogP contribution in [0.25, 0.3) is 0 Å². The average molecular weight is 300 g/mol. The first-order valence-corrected chi connectivity index (χ1v) is 9.31. The van der Waals surface area contributed by atoms with Crippen LogP contribution in [0.3, 0.4) is 0 Å². The minimum absolute atomic E-state index is 0.236. The van der Waals surface area contributed by atoms with Crippen molar-refractivity contribution in [3.05, 3.63) is 24.0 Å². The second-order valence-corrected chi connectivity index (χ2v) is 8.02. The van der Waals surface area contributed by atoms with Gasteiger partial charge in [-0.15, -0.1) is 0 Å². The molecule has 0 aliphatic carbocycles. The Hall–Kier alpha value is -0.810. The molecule has 0 amide bonds. The summed E-state index contributed by atoms with van der Waals surface area (Å²) in [6.45, 7) is 9.94. The van der Waals surface area contributed by atoms with Gasteiger partial charge in [-0.25, -0.2) is 8.42 Å². The lowest BCUT2D eigenvalue weighted by atomic mass is 9.98. The summed E-state index contributed by atoms with van der Waals surface area (Å²) in [6, 6.07) is 2.49. The van der Waals surface area contributed by atoms with Crippen molar-refractivity contribution in [2.45, 2.75) is 46.7 Å². The van der Waals surface area contributed by atoms with Crippen molar-refractivity contribution in [3.8, 4) is 0 Å². The van der Waals surface area contributed by atoms with E-state index >= 15 is 0 Å². The highest BCUT2D eigenvalue weighted by Gasteiger charge is 2.15. The molecular weight excluding hydrogens is 272 g/mol. The first-order valence-electron chi connectivity index (χ1n) is 7.49. The molecule has 1 rings (SSSR count). The molecule has 0 aromatic carbocycles. The van der Waals surface area contributed by atoms with Crippen LogP contribution in [0, 0.1) is 5.92 Å². The molecule has 1 heterocycles. The lowest BCUT2D eigenvalue weighted by Crippen LogP contribution is -2.25. The molecule has 0 bridgehead atoms. The van der Waals surface area contributed by atoms with E-state index in [2.05, 4.69) is 42.9 Å². The van der Waals surface area contributed by atoms with Crippen molar-refractivity contribution in [1.82, 2.24) is 9.88 Å². The van der Waals surface area contributed by atoms with Gasteiger partial charge in [-0.1, -0.05) is 27.7 Å². The van der Waals surface area contributed by atoms with Crippen molar-refractivity contribution >= 4 is 9.84 Å². The molecule has 0 saturated heterocycles. The fourth-order valence-corrected chi connectivity index (χ4v) is 3.21. The Kier molecular flexibility index (Phi) is 6.76. The Labute approximate surface area is 123 Å². The third-order valence-corrected chi connectivity index (χ3v) is 5.32. The van der Waals surface area contributed by atoms with Crippen LogP contribution in [0.15, 0.2) is 18.5 Å². The van der Waals surface area contributed by atoms with E-state index < -0.39 is 9.84 Å². The average Bonchev–Trinajstić information content (AvgIpc) is 2.83. The van der Waals surface area contributed by atoms with Gasteiger partial charge in [0, 0.05) is 30.7 Å².